The van der Waals surface area contributed by atoms with Crippen molar-refractivity contribution in [3.8, 4) is 28.3 Å². The summed E-state index contributed by atoms with van der Waals surface area (Å²) in [5, 5.41) is 12.5. The monoisotopic (exact) mass is 602 g/mol. The van der Waals surface area contributed by atoms with Gasteiger partial charge in [-0.2, -0.15) is 8.78 Å². The Kier molecular flexibility index (Phi) is 9.60. The quantitative estimate of drug-likeness (QED) is 0.258. The van der Waals surface area contributed by atoms with Crippen LogP contribution < -0.4 is 20.9 Å². The van der Waals surface area contributed by atoms with E-state index in [9.17, 15) is 23.2 Å². The Morgan fingerprint density at radius 1 is 1.10 bits per heavy atom. The first-order valence-corrected chi connectivity index (χ1v) is 12.7. The van der Waals surface area contributed by atoms with Gasteiger partial charge in [-0.3, -0.25) is 19.0 Å². The molecule has 0 radical (unpaired) electrons. The van der Waals surface area contributed by atoms with Crippen LogP contribution in [0, 0.1) is 0 Å². The molecule has 220 valence electrons. The van der Waals surface area contributed by atoms with Crippen molar-refractivity contribution in [3.05, 3.63) is 75.8 Å². The van der Waals surface area contributed by atoms with Crippen molar-refractivity contribution < 1.29 is 32.3 Å². The van der Waals surface area contributed by atoms with E-state index in [1.165, 1.54) is 74.6 Å². The Hall–Kier alpha value is -4.69. The molecule has 1 unspecified atom stereocenters. The van der Waals surface area contributed by atoms with Gasteiger partial charge < -0.3 is 24.5 Å². The van der Waals surface area contributed by atoms with E-state index >= 15 is 0 Å². The summed E-state index contributed by atoms with van der Waals surface area (Å²) in [6.07, 6.45) is -0.178. The van der Waals surface area contributed by atoms with E-state index in [1.807, 2.05) is 0 Å². The summed E-state index contributed by atoms with van der Waals surface area (Å²) in [5.41, 5.74) is 0.656. The maximum atomic E-state index is 13.5. The van der Waals surface area contributed by atoms with Gasteiger partial charge in [-0.05, 0) is 35.9 Å². The first-order valence-electron chi connectivity index (χ1n) is 12.4. The molecule has 0 saturated carbocycles. The molecule has 1 aromatic carbocycles. The molecule has 12 nitrogen and oxygen atoms in total. The third-order valence-electron chi connectivity index (χ3n) is 6.12. The predicted octanol–water partition coefficient (Wildman–Crippen LogP) is 4.14. The fraction of sp³-hybridized carbons (Fsp3) is 0.259. The van der Waals surface area contributed by atoms with Crippen LogP contribution >= 0.6 is 11.6 Å². The van der Waals surface area contributed by atoms with Crippen molar-refractivity contribution in [3.63, 3.8) is 0 Å². The Morgan fingerprint density at radius 3 is 2.50 bits per heavy atom. The van der Waals surface area contributed by atoms with Gasteiger partial charge in [0.05, 0.1) is 25.2 Å². The van der Waals surface area contributed by atoms with Gasteiger partial charge in [0.1, 0.15) is 17.5 Å². The molecule has 1 atom stereocenters. The molecule has 2 amide bonds. The second-order valence-electron chi connectivity index (χ2n) is 8.73. The van der Waals surface area contributed by atoms with Crippen LogP contribution in [0.2, 0.25) is 5.02 Å². The Morgan fingerprint density at radius 2 is 1.88 bits per heavy atom. The van der Waals surface area contributed by atoms with Gasteiger partial charge in [0, 0.05) is 49.4 Å². The molecule has 0 fully saturated rings. The number of nitrogens with one attached hydrogen (secondary N) is 2. The summed E-state index contributed by atoms with van der Waals surface area (Å²) in [5.74, 6) is -1.85. The highest BCUT2D eigenvalue weighted by molar-refractivity contribution is 6.31. The van der Waals surface area contributed by atoms with Gasteiger partial charge in [-0.15, -0.1) is 10.2 Å². The van der Waals surface area contributed by atoms with E-state index in [1.54, 1.807) is 0 Å². The molecule has 0 aliphatic rings. The minimum Gasteiger partial charge on any atom is -0.495 e. The van der Waals surface area contributed by atoms with Crippen LogP contribution in [0.25, 0.3) is 22.6 Å². The summed E-state index contributed by atoms with van der Waals surface area (Å²) in [7, 11) is 4.29. The number of rotatable bonds is 11. The molecule has 4 aromatic rings. The van der Waals surface area contributed by atoms with E-state index in [4.69, 9.17) is 25.5 Å². The fourth-order valence-electron chi connectivity index (χ4n) is 4.08. The van der Waals surface area contributed by atoms with E-state index < -0.39 is 29.8 Å². The Balaban J connectivity index is 1.74. The molecular weight excluding hydrogens is 578 g/mol. The number of hydrogen-bond donors (Lipinski definition) is 2. The smallest absolute Gasteiger partial charge is 0.314 e. The molecular formula is C27H25ClF2N6O6. The SMILES string of the molecule is CNC(=O)c1ccc(NC(=O)C(CCOC)n2cc(OC)c(-c3cc(Cl)ccc3-c3nnc(C(F)F)o3)cc2=O)cn1. The van der Waals surface area contributed by atoms with Crippen molar-refractivity contribution in [1.29, 1.82) is 0 Å². The van der Waals surface area contributed by atoms with Crippen LogP contribution in [-0.4, -0.2) is 59.4 Å². The summed E-state index contributed by atoms with van der Waals surface area (Å²) in [6.45, 7) is 0.143. The fourth-order valence-corrected chi connectivity index (χ4v) is 4.26. The molecule has 3 heterocycles. The second-order valence-corrected chi connectivity index (χ2v) is 9.17. The van der Waals surface area contributed by atoms with Gasteiger partial charge in [-0.25, -0.2) is 4.98 Å². The summed E-state index contributed by atoms with van der Waals surface area (Å²) in [6, 6.07) is 7.62. The van der Waals surface area contributed by atoms with Crippen molar-refractivity contribution >= 4 is 29.1 Å². The number of ether oxygens (including phenoxy) is 2. The number of methoxy groups -OCH3 is 2. The normalized spacial score (nSPS) is 11.8. The lowest BCUT2D eigenvalue weighted by Gasteiger charge is -2.21. The number of pyridine rings is 2. The summed E-state index contributed by atoms with van der Waals surface area (Å²) >= 11 is 6.23. The third kappa shape index (κ3) is 6.61. The number of halogens is 3. The molecule has 0 bridgehead atoms. The van der Waals surface area contributed by atoms with E-state index in [-0.39, 0.29) is 52.4 Å². The van der Waals surface area contributed by atoms with Gasteiger partial charge in [0.25, 0.3) is 17.4 Å². The van der Waals surface area contributed by atoms with Gasteiger partial charge >= 0.3 is 6.43 Å². The van der Waals surface area contributed by atoms with Crippen LogP contribution in [0.3, 0.4) is 0 Å². The Labute approximate surface area is 242 Å². The van der Waals surface area contributed by atoms with Gasteiger partial charge in [0.15, 0.2) is 0 Å². The van der Waals surface area contributed by atoms with E-state index in [0.717, 1.165) is 0 Å². The second kappa shape index (κ2) is 13.3. The lowest BCUT2D eigenvalue weighted by Crippen LogP contribution is -2.34. The standard InChI is InChI=1S/C27H25ClF2N6O6/c1-31-24(38)19-7-5-15(12-32-19)33-25(39)20(8-9-40-2)36-13-21(41-3)18(11-22(36)37)17-10-14(28)4-6-16(17)26-34-35-27(42-26)23(29)30/h4-7,10-13,20,23H,8-9H2,1-3H3,(H,31,38)(H,33,39). The van der Waals surface area contributed by atoms with Crippen molar-refractivity contribution in [2.24, 2.45) is 0 Å². The molecule has 0 spiro atoms. The maximum absolute atomic E-state index is 13.5. The highest BCUT2D eigenvalue weighted by atomic mass is 35.5. The zero-order valence-electron chi connectivity index (χ0n) is 22.6. The van der Waals surface area contributed by atoms with Crippen molar-refractivity contribution in [1.82, 2.24) is 25.1 Å². The summed E-state index contributed by atoms with van der Waals surface area (Å²) in [4.78, 5) is 42.6. The molecule has 0 aliphatic carbocycles. The number of nitrogens with zero attached hydrogens (tertiary/aromatic N) is 4. The average molecular weight is 603 g/mol. The topological polar surface area (TPSA) is 150 Å². The number of aromatic nitrogens is 4. The van der Waals surface area contributed by atoms with Crippen LogP contribution in [0.4, 0.5) is 14.5 Å². The highest BCUT2D eigenvalue weighted by Gasteiger charge is 2.26. The number of amides is 2. The first kappa shape index (κ1) is 30.3. The number of hydrogen-bond acceptors (Lipinski definition) is 9. The third-order valence-corrected chi connectivity index (χ3v) is 6.35. The molecule has 2 N–H and O–H groups in total. The minimum atomic E-state index is -2.97. The van der Waals surface area contributed by atoms with Crippen LogP contribution in [0.15, 0.2) is 58.0 Å². The molecule has 0 aliphatic heterocycles. The van der Waals surface area contributed by atoms with Crippen LogP contribution in [0.5, 0.6) is 5.75 Å². The number of carbonyl (C=O) groups excluding carboxylic acids is 2. The maximum Gasteiger partial charge on any atom is 0.314 e. The lowest BCUT2D eigenvalue weighted by molar-refractivity contribution is -0.119. The molecule has 0 saturated heterocycles. The van der Waals surface area contributed by atoms with Crippen LogP contribution in [0.1, 0.15) is 35.3 Å². The van der Waals surface area contributed by atoms with E-state index in [2.05, 4.69) is 25.8 Å². The first-order chi connectivity index (χ1) is 20.2. The molecule has 4 rings (SSSR count). The molecule has 3 aromatic heterocycles. The number of alkyl halides is 2. The molecule has 15 heteroatoms. The van der Waals surface area contributed by atoms with Crippen LogP contribution in [-0.2, 0) is 9.53 Å². The summed E-state index contributed by atoms with van der Waals surface area (Å²) < 4.78 is 43.2. The van der Waals surface area contributed by atoms with Gasteiger partial charge in [-0.1, -0.05) is 11.6 Å². The van der Waals surface area contributed by atoms with Gasteiger partial charge in [0.2, 0.25) is 11.8 Å². The number of anilines is 1. The average Bonchev–Trinajstić information content (AvgIpc) is 3.48. The predicted molar refractivity (Wildman–Crippen MR) is 148 cm³/mol. The lowest BCUT2D eigenvalue weighted by atomic mass is 9.99. The minimum absolute atomic E-state index is 0.120. The Bertz CT molecular complexity index is 1640. The molecule has 42 heavy (non-hydrogen) atoms. The number of benzene rings is 1. The van der Waals surface area contributed by atoms with Crippen molar-refractivity contribution in [2.45, 2.75) is 18.9 Å². The highest BCUT2D eigenvalue weighted by Crippen LogP contribution is 2.38. The van der Waals surface area contributed by atoms with Crippen molar-refractivity contribution in [2.75, 3.05) is 33.2 Å². The zero-order chi connectivity index (χ0) is 30.4. The van der Waals surface area contributed by atoms with E-state index in [0.29, 0.717) is 11.3 Å². The zero-order valence-corrected chi connectivity index (χ0v) is 23.3. The number of carbonyl (C=O) groups is 2. The largest absolute Gasteiger partial charge is 0.495 e.